The largest absolute Gasteiger partial charge is 0.459 e. The number of aryl methyl sites for hydroxylation is 4. The van der Waals surface area contributed by atoms with Crippen molar-refractivity contribution in [2.75, 3.05) is 0 Å². The standard InChI is InChI=1S/C22H22N2O5/c1-14-17(23-20(28-14)19-6-3-13-27-19)12-11-16-9-7-15(8-10-16)4-2-5-18-21(25)29-22(26)24-18/h3,6-10,13,18H,2,4-5,11-12H2,1H3,(H,24,26). The van der Waals surface area contributed by atoms with E-state index >= 15 is 0 Å². The minimum Gasteiger partial charge on any atom is -0.459 e. The van der Waals surface area contributed by atoms with Crippen molar-refractivity contribution in [1.82, 2.24) is 10.3 Å². The van der Waals surface area contributed by atoms with Gasteiger partial charge in [0, 0.05) is 0 Å². The Morgan fingerprint density at radius 2 is 1.79 bits per heavy atom. The molecule has 2 aromatic heterocycles. The Kier molecular flexibility index (Phi) is 5.46. The maximum Gasteiger partial charge on any atom is 0.415 e. The molecular formula is C22H22N2O5. The fraction of sp³-hybridized carbons (Fsp3) is 0.318. The van der Waals surface area contributed by atoms with E-state index in [1.54, 1.807) is 6.26 Å². The molecular weight excluding hydrogens is 372 g/mol. The fourth-order valence-corrected chi connectivity index (χ4v) is 3.39. The first-order chi connectivity index (χ1) is 14.1. The molecule has 1 N–H and O–H groups in total. The average molecular weight is 394 g/mol. The lowest BCUT2D eigenvalue weighted by atomic mass is 10.0. The zero-order chi connectivity index (χ0) is 20.2. The van der Waals surface area contributed by atoms with Crippen LogP contribution in [-0.4, -0.2) is 23.1 Å². The normalized spacial score (nSPS) is 16.1. The van der Waals surface area contributed by atoms with Gasteiger partial charge < -0.3 is 18.9 Å². The van der Waals surface area contributed by atoms with E-state index in [2.05, 4.69) is 39.3 Å². The summed E-state index contributed by atoms with van der Waals surface area (Å²) >= 11 is 0. The van der Waals surface area contributed by atoms with E-state index in [1.165, 1.54) is 11.1 Å². The minimum absolute atomic E-state index is 0.483. The molecule has 0 saturated carbocycles. The number of oxazole rings is 1. The Hall–Kier alpha value is -3.35. The van der Waals surface area contributed by atoms with Gasteiger partial charge in [-0.05, 0) is 62.3 Å². The van der Waals surface area contributed by atoms with Gasteiger partial charge in [0.25, 0.3) is 5.89 Å². The highest BCUT2D eigenvalue weighted by molar-refractivity contribution is 5.95. The summed E-state index contributed by atoms with van der Waals surface area (Å²) in [4.78, 5) is 27.0. The summed E-state index contributed by atoms with van der Waals surface area (Å²) in [6.45, 7) is 1.92. The first-order valence-corrected chi connectivity index (χ1v) is 9.68. The number of cyclic esters (lactones) is 2. The molecule has 1 amide bonds. The number of carbonyl (C=O) groups is 2. The molecule has 1 aliphatic heterocycles. The smallest absolute Gasteiger partial charge is 0.415 e. The summed E-state index contributed by atoms with van der Waals surface area (Å²) in [6, 6.07) is 11.6. The highest BCUT2D eigenvalue weighted by Crippen LogP contribution is 2.23. The van der Waals surface area contributed by atoms with Gasteiger partial charge >= 0.3 is 12.1 Å². The van der Waals surface area contributed by atoms with Crippen LogP contribution in [0.2, 0.25) is 0 Å². The summed E-state index contributed by atoms with van der Waals surface area (Å²) in [7, 11) is 0. The fourth-order valence-electron chi connectivity index (χ4n) is 3.39. The number of rotatable bonds is 8. The highest BCUT2D eigenvalue weighted by Gasteiger charge is 2.31. The molecule has 0 spiro atoms. The van der Waals surface area contributed by atoms with Crippen molar-refractivity contribution in [2.45, 2.75) is 45.1 Å². The third kappa shape index (κ3) is 4.56. The molecule has 1 aliphatic rings. The average Bonchev–Trinajstić information content (AvgIpc) is 3.42. The number of hydrogen-bond acceptors (Lipinski definition) is 6. The van der Waals surface area contributed by atoms with Crippen LogP contribution in [0.5, 0.6) is 0 Å². The van der Waals surface area contributed by atoms with E-state index in [1.807, 2.05) is 19.1 Å². The quantitative estimate of drug-likeness (QED) is 0.459. The molecule has 1 fully saturated rings. The minimum atomic E-state index is -0.650. The Morgan fingerprint density at radius 3 is 2.45 bits per heavy atom. The first kappa shape index (κ1) is 19.0. The number of nitrogens with zero attached hydrogens (tertiary/aromatic N) is 1. The number of alkyl carbamates (subject to hydrolysis) is 1. The van der Waals surface area contributed by atoms with E-state index in [0.29, 0.717) is 18.1 Å². The van der Waals surface area contributed by atoms with Crippen LogP contribution in [0.1, 0.15) is 35.4 Å². The maximum atomic E-state index is 11.4. The monoisotopic (exact) mass is 394 g/mol. The number of aromatic nitrogens is 1. The summed E-state index contributed by atoms with van der Waals surface area (Å²) in [5.74, 6) is 1.48. The lowest BCUT2D eigenvalue weighted by Gasteiger charge is -2.06. The SMILES string of the molecule is Cc1oc(-c2ccco2)nc1CCc1ccc(CCCC2NC(=O)OC2=O)cc1. The first-order valence-electron chi connectivity index (χ1n) is 9.68. The van der Waals surface area contributed by atoms with E-state index in [0.717, 1.165) is 37.1 Å². The molecule has 0 aliphatic carbocycles. The van der Waals surface area contributed by atoms with Crippen molar-refractivity contribution in [2.24, 2.45) is 0 Å². The number of furan rings is 1. The number of esters is 1. The number of nitrogens with one attached hydrogen (secondary N) is 1. The van der Waals surface area contributed by atoms with Gasteiger partial charge in [-0.15, -0.1) is 0 Å². The molecule has 29 heavy (non-hydrogen) atoms. The molecule has 1 atom stereocenters. The number of ether oxygens (including phenoxy) is 1. The second-order valence-electron chi connectivity index (χ2n) is 7.11. The van der Waals surface area contributed by atoms with Crippen molar-refractivity contribution in [1.29, 1.82) is 0 Å². The molecule has 1 aromatic carbocycles. The maximum absolute atomic E-state index is 11.4. The Morgan fingerprint density at radius 1 is 1.03 bits per heavy atom. The van der Waals surface area contributed by atoms with Gasteiger partial charge in [0.1, 0.15) is 11.8 Å². The van der Waals surface area contributed by atoms with Crippen molar-refractivity contribution < 1.29 is 23.2 Å². The number of benzene rings is 1. The third-order valence-electron chi connectivity index (χ3n) is 5.03. The lowest BCUT2D eigenvalue weighted by molar-refractivity contribution is -0.135. The van der Waals surface area contributed by atoms with Gasteiger partial charge in [0.05, 0.1) is 12.0 Å². The molecule has 4 rings (SSSR count). The van der Waals surface area contributed by atoms with Crippen molar-refractivity contribution in [3.05, 3.63) is 65.2 Å². The van der Waals surface area contributed by atoms with Gasteiger partial charge in [-0.1, -0.05) is 24.3 Å². The van der Waals surface area contributed by atoms with Crippen LogP contribution < -0.4 is 5.32 Å². The van der Waals surface area contributed by atoms with Gasteiger partial charge in [-0.2, -0.15) is 0 Å². The van der Waals surface area contributed by atoms with Gasteiger partial charge in [0.15, 0.2) is 5.76 Å². The van der Waals surface area contributed by atoms with Crippen LogP contribution in [0.25, 0.3) is 11.7 Å². The Labute approximate surface area is 168 Å². The van der Waals surface area contributed by atoms with E-state index in [4.69, 9.17) is 8.83 Å². The van der Waals surface area contributed by atoms with Crippen molar-refractivity contribution in [3.63, 3.8) is 0 Å². The molecule has 7 nitrogen and oxygen atoms in total. The zero-order valence-electron chi connectivity index (χ0n) is 16.1. The van der Waals surface area contributed by atoms with Crippen LogP contribution in [0.15, 0.2) is 51.5 Å². The molecule has 0 bridgehead atoms. The summed E-state index contributed by atoms with van der Waals surface area (Å²) in [5, 5.41) is 2.52. The van der Waals surface area contributed by atoms with E-state index < -0.39 is 18.1 Å². The molecule has 150 valence electrons. The Balaban J connectivity index is 1.26. The van der Waals surface area contributed by atoms with Crippen LogP contribution in [-0.2, 0) is 28.8 Å². The van der Waals surface area contributed by atoms with Gasteiger partial charge in [-0.25, -0.2) is 14.6 Å². The third-order valence-corrected chi connectivity index (χ3v) is 5.03. The summed E-state index contributed by atoms with van der Waals surface area (Å²) in [6.07, 6.45) is 4.83. The topological polar surface area (TPSA) is 94.6 Å². The highest BCUT2D eigenvalue weighted by atomic mass is 16.6. The zero-order valence-corrected chi connectivity index (χ0v) is 16.1. The molecule has 3 heterocycles. The van der Waals surface area contributed by atoms with Crippen LogP contribution in [0.3, 0.4) is 0 Å². The molecule has 7 heteroatoms. The van der Waals surface area contributed by atoms with E-state index in [9.17, 15) is 9.59 Å². The number of hydrogen-bond donors (Lipinski definition) is 1. The summed E-state index contributed by atoms with van der Waals surface area (Å²) in [5.41, 5.74) is 3.36. The number of amides is 1. The van der Waals surface area contributed by atoms with Crippen molar-refractivity contribution >= 4 is 12.1 Å². The predicted molar refractivity (Wildman–Crippen MR) is 104 cm³/mol. The van der Waals surface area contributed by atoms with Crippen molar-refractivity contribution in [3.8, 4) is 11.7 Å². The number of carbonyl (C=O) groups excluding carboxylic acids is 2. The molecule has 1 unspecified atom stereocenters. The predicted octanol–water partition coefficient (Wildman–Crippen LogP) is 3.99. The van der Waals surface area contributed by atoms with E-state index in [-0.39, 0.29) is 0 Å². The molecule has 1 saturated heterocycles. The van der Waals surface area contributed by atoms with Crippen LogP contribution in [0.4, 0.5) is 4.79 Å². The molecule has 0 radical (unpaired) electrons. The van der Waals surface area contributed by atoms with Crippen LogP contribution in [0, 0.1) is 6.92 Å². The summed E-state index contributed by atoms with van der Waals surface area (Å²) < 4.78 is 15.5. The van der Waals surface area contributed by atoms with Gasteiger partial charge in [0.2, 0.25) is 0 Å². The Bertz CT molecular complexity index is 989. The van der Waals surface area contributed by atoms with Gasteiger partial charge in [-0.3, -0.25) is 0 Å². The molecule has 3 aromatic rings. The lowest BCUT2D eigenvalue weighted by Crippen LogP contribution is -2.28. The second kappa shape index (κ2) is 8.34. The second-order valence-corrected chi connectivity index (χ2v) is 7.11. The van der Waals surface area contributed by atoms with Crippen LogP contribution >= 0.6 is 0 Å².